The predicted octanol–water partition coefficient (Wildman–Crippen LogP) is 3.10. The molecule has 3 rings (SSSR count). The van der Waals surface area contributed by atoms with Gasteiger partial charge in [-0.15, -0.1) is 11.3 Å². The smallest absolute Gasteiger partial charge is 0.220 e. The first kappa shape index (κ1) is 18.9. The molecule has 0 radical (unpaired) electrons. The fraction of sp³-hybridized carbons (Fsp3) is 0.263. The third-order valence-corrected chi connectivity index (χ3v) is 5.39. The molecule has 8 heteroatoms. The average Bonchev–Trinajstić information content (AvgIpc) is 3.16. The standard InChI is InChI=1S/C19H22N6OS/c1-11-8-13(15-6-7-22-19(21)25-15)4-5-14(11)9-23-17(20)16-10-24-18(27-16)12(2)26-3/h4-8,10,12H,9H2,1-3H3,(H2,20,23)(H2,21,22,25). The van der Waals surface area contributed by atoms with Gasteiger partial charge in [0.25, 0.3) is 0 Å². The monoisotopic (exact) mass is 382 g/mol. The molecule has 140 valence electrons. The van der Waals surface area contributed by atoms with Crippen molar-refractivity contribution in [2.24, 2.45) is 10.7 Å². The van der Waals surface area contributed by atoms with E-state index in [1.807, 2.05) is 32.0 Å². The number of thiazole rings is 1. The van der Waals surface area contributed by atoms with Crippen LogP contribution in [0, 0.1) is 6.92 Å². The first-order valence-electron chi connectivity index (χ1n) is 8.45. The zero-order valence-electron chi connectivity index (χ0n) is 15.5. The normalized spacial score (nSPS) is 12.9. The molecule has 0 aliphatic rings. The quantitative estimate of drug-likeness (QED) is 0.500. The number of nitrogens with zero attached hydrogens (tertiary/aromatic N) is 4. The number of nitrogens with two attached hydrogens (primary N) is 2. The van der Waals surface area contributed by atoms with Crippen LogP contribution in [0.15, 0.2) is 41.7 Å². The second-order valence-corrected chi connectivity index (χ2v) is 7.15. The fourth-order valence-electron chi connectivity index (χ4n) is 2.51. The highest BCUT2D eigenvalue weighted by Crippen LogP contribution is 2.23. The lowest BCUT2D eigenvalue weighted by Crippen LogP contribution is -2.12. The van der Waals surface area contributed by atoms with Crippen LogP contribution in [0.2, 0.25) is 0 Å². The number of rotatable bonds is 6. The molecule has 1 aromatic carbocycles. The Morgan fingerprint density at radius 2 is 2.11 bits per heavy atom. The SMILES string of the molecule is COC(C)c1ncc(C(N)=NCc2ccc(-c3ccnc(N)n3)cc2C)s1. The lowest BCUT2D eigenvalue weighted by atomic mass is 10.0. The van der Waals surface area contributed by atoms with Crippen molar-refractivity contribution < 1.29 is 4.74 Å². The molecule has 0 aliphatic carbocycles. The van der Waals surface area contributed by atoms with Gasteiger partial charge in [-0.25, -0.2) is 15.0 Å². The number of aliphatic imine (C=N–C) groups is 1. The number of amidine groups is 1. The van der Waals surface area contributed by atoms with Gasteiger partial charge in [-0.05, 0) is 37.1 Å². The van der Waals surface area contributed by atoms with Crippen LogP contribution in [0.25, 0.3) is 11.3 Å². The Morgan fingerprint density at radius 1 is 1.30 bits per heavy atom. The Bertz CT molecular complexity index is 968. The van der Waals surface area contributed by atoms with E-state index in [0.29, 0.717) is 12.4 Å². The second kappa shape index (κ2) is 8.24. The Kier molecular flexibility index (Phi) is 5.78. The molecule has 1 unspecified atom stereocenters. The Morgan fingerprint density at radius 3 is 2.81 bits per heavy atom. The van der Waals surface area contributed by atoms with Crippen LogP contribution in [0.5, 0.6) is 0 Å². The van der Waals surface area contributed by atoms with Crippen molar-refractivity contribution in [3.63, 3.8) is 0 Å². The number of ether oxygens (including phenoxy) is 1. The predicted molar refractivity (Wildman–Crippen MR) is 109 cm³/mol. The van der Waals surface area contributed by atoms with E-state index in [4.69, 9.17) is 16.2 Å². The van der Waals surface area contributed by atoms with Gasteiger partial charge in [0.1, 0.15) is 16.9 Å². The van der Waals surface area contributed by atoms with Crippen molar-refractivity contribution in [1.82, 2.24) is 15.0 Å². The molecule has 0 bridgehead atoms. The molecule has 4 N–H and O–H groups in total. The largest absolute Gasteiger partial charge is 0.383 e. The van der Waals surface area contributed by atoms with Crippen molar-refractivity contribution >= 4 is 23.1 Å². The summed E-state index contributed by atoms with van der Waals surface area (Å²) in [6, 6.07) is 7.93. The van der Waals surface area contributed by atoms with E-state index >= 15 is 0 Å². The number of nitrogen functional groups attached to an aromatic ring is 1. The highest BCUT2D eigenvalue weighted by molar-refractivity contribution is 7.13. The maximum Gasteiger partial charge on any atom is 0.220 e. The van der Waals surface area contributed by atoms with Gasteiger partial charge < -0.3 is 16.2 Å². The fourth-order valence-corrected chi connectivity index (χ4v) is 3.38. The van der Waals surface area contributed by atoms with Crippen LogP contribution in [-0.2, 0) is 11.3 Å². The second-order valence-electron chi connectivity index (χ2n) is 6.08. The molecule has 0 fully saturated rings. The van der Waals surface area contributed by atoms with Crippen LogP contribution in [0.1, 0.15) is 34.0 Å². The van der Waals surface area contributed by atoms with E-state index in [2.05, 4.69) is 26.0 Å². The van der Waals surface area contributed by atoms with Gasteiger partial charge in [0.05, 0.1) is 17.1 Å². The van der Waals surface area contributed by atoms with E-state index in [1.54, 1.807) is 19.5 Å². The van der Waals surface area contributed by atoms with Crippen LogP contribution >= 0.6 is 11.3 Å². The lowest BCUT2D eigenvalue weighted by Gasteiger charge is -2.07. The van der Waals surface area contributed by atoms with E-state index in [0.717, 1.165) is 32.3 Å². The Balaban J connectivity index is 1.75. The van der Waals surface area contributed by atoms with Crippen LogP contribution in [-0.4, -0.2) is 27.9 Å². The molecule has 2 aromatic heterocycles. The number of anilines is 1. The van der Waals surface area contributed by atoms with E-state index in [1.165, 1.54) is 11.3 Å². The number of hydrogen-bond acceptors (Lipinski definition) is 7. The number of hydrogen-bond donors (Lipinski definition) is 2. The molecule has 0 aliphatic heterocycles. The number of aryl methyl sites for hydroxylation is 1. The first-order chi connectivity index (χ1) is 13.0. The number of aromatic nitrogens is 3. The summed E-state index contributed by atoms with van der Waals surface area (Å²) in [5.41, 5.74) is 15.8. The van der Waals surface area contributed by atoms with Gasteiger partial charge in [-0.2, -0.15) is 0 Å². The van der Waals surface area contributed by atoms with Gasteiger partial charge in [0.2, 0.25) is 5.95 Å². The van der Waals surface area contributed by atoms with Gasteiger partial charge in [0.15, 0.2) is 0 Å². The molecule has 1 atom stereocenters. The van der Waals surface area contributed by atoms with E-state index in [9.17, 15) is 0 Å². The number of methoxy groups -OCH3 is 1. The third kappa shape index (κ3) is 4.47. The van der Waals surface area contributed by atoms with Crippen LogP contribution < -0.4 is 11.5 Å². The summed E-state index contributed by atoms with van der Waals surface area (Å²) in [4.78, 5) is 17.9. The topological polar surface area (TPSA) is 112 Å². The summed E-state index contributed by atoms with van der Waals surface area (Å²) < 4.78 is 5.28. The Hall–Kier alpha value is -2.84. The maximum absolute atomic E-state index is 6.13. The molecule has 0 saturated heterocycles. The van der Waals surface area contributed by atoms with Gasteiger partial charge >= 0.3 is 0 Å². The molecule has 0 saturated carbocycles. The lowest BCUT2D eigenvalue weighted by molar-refractivity contribution is 0.119. The van der Waals surface area contributed by atoms with Gasteiger partial charge in [-0.1, -0.05) is 12.1 Å². The molecule has 27 heavy (non-hydrogen) atoms. The molecule has 3 aromatic rings. The summed E-state index contributed by atoms with van der Waals surface area (Å²) in [6.45, 7) is 4.49. The summed E-state index contributed by atoms with van der Waals surface area (Å²) in [7, 11) is 1.66. The highest BCUT2D eigenvalue weighted by Gasteiger charge is 2.11. The molecule has 0 amide bonds. The minimum Gasteiger partial charge on any atom is -0.383 e. The third-order valence-electron chi connectivity index (χ3n) is 4.21. The average molecular weight is 382 g/mol. The van der Waals surface area contributed by atoms with Crippen molar-refractivity contribution in [3.05, 3.63) is 57.7 Å². The molecular weight excluding hydrogens is 360 g/mol. The van der Waals surface area contributed by atoms with Crippen molar-refractivity contribution in [1.29, 1.82) is 0 Å². The minimum absolute atomic E-state index is 0.0535. The maximum atomic E-state index is 6.13. The summed E-state index contributed by atoms with van der Waals surface area (Å²) in [5.74, 6) is 0.743. The summed E-state index contributed by atoms with van der Waals surface area (Å²) in [5, 5.41) is 0.885. The zero-order valence-corrected chi connectivity index (χ0v) is 16.3. The molecule has 0 spiro atoms. The minimum atomic E-state index is -0.0535. The highest BCUT2D eigenvalue weighted by atomic mass is 32.1. The summed E-state index contributed by atoms with van der Waals surface area (Å²) in [6.07, 6.45) is 3.34. The van der Waals surface area contributed by atoms with Gasteiger partial charge in [0, 0.05) is 25.1 Å². The zero-order chi connectivity index (χ0) is 19.4. The first-order valence-corrected chi connectivity index (χ1v) is 9.27. The van der Waals surface area contributed by atoms with Gasteiger partial charge in [-0.3, -0.25) is 4.99 Å². The molecule has 7 nitrogen and oxygen atoms in total. The Labute approximate surface area is 162 Å². The van der Waals surface area contributed by atoms with Crippen molar-refractivity contribution in [2.45, 2.75) is 26.5 Å². The van der Waals surface area contributed by atoms with Crippen LogP contribution in [0.3, 0.4) is 0 Å². The van der Waals surface area contributed by atoms with Crippen molar-refractivity contribution in [3.8, 4) is 11.3 Å². The molecular formula is C19H22N6OS. The van der Waals surface area contributed by atoms with Crippen molar-refractivity contribution in [2.75, 3.05) is 12.8 Å². The molecule has 2 heterocycles. The van der Waals surface area contributed by atoms with Crippen LogP contribution in [0.4, 0.5) is 5.95 Å². The van der Waals surface area contributed by atoms with E-state index in [-0.39, 0.29) is 12.1 Å². The number of benzene rings is 1. The van der Waals surface area contributed by atoms with E-state index < -0.39 is 0 Å². The summed E-state index contributed by atoms with van der Waals surface area (Å²) >= 11 is 1.50.